The van der Waals surface area contributed by atoms with Crippen LogP contribution in [0.5, 0.6) is 0 Å². The molecule has 3 atom stereocenters. The first-order chi connectivity index (χ1) is 26.8. The van der Waals surface area contributed by atoms with Gasteiger partial charge in [-0.2, -0.15) is 18.2 Å². The minimum atomic E-state index is -5.08. The highest BCUT2D eigenvalue weighted by molar-refractivity contribution is 7.85. The largest absolute Gasteiger partial charge is 0.490 e. The number of alkyl halides is 3. The van der Waals surface area contributed by atoms with Crippen LogP contribution in [-0.4, -0.2) is 111 Å². The number of benzene rings is 3. The van der Waals surface area contributed by atoms with Crippen molar-refractivity contribution in [3.8, 4) is 11.1 Å². The molecule has 4 aliphatic rings. The molecule has 1 aromatic heterocycles. The monoisotopic (exact) mass is 812 g/mol. The molecule has 1 aliphatic carbocycles. The standard InChI is InChI=1S/C36H35ClN6O5S.C2HF3O2/c1-48-36(46)43(31-27-8-4-2-6-25(27)26-7-3-5-9-28(26)31)24-20-30(34(44)45)42(21-24)33-32-29(14-19-49(32)47)38-35(39-33)41-17-15-40(16-18-41)23-12-10-22(37)11-13-23;3-2(4,5)1(6)7/h2-13,24,30-31H,14-21H2,1H3,(H,44,45);(H,6,7)/t24-,30+,49?;/m1./s1. The molecule has 3 aromatic carbocycles. The third-order valence-corrected chi connectivity index (χ3v) is 12.0. The van der Waals surface area contributed by atoms with E-state index in [-0.39, 0.29) is 13.0 Å². The number of aliphatic carboxylic acids is 2. The summed E-state index contributed by atoms with van der Waals surface area (Å²) in [4.78, 5) is 53.7. The molecule has 1 unspecified atom stereocenters. The number of fused-ring (bicyclic) bond motifs is 4. The average Bonchev–Trinajstić information content (AvgIpc) is 3.89. The molecule has 0 radical (unpaired) electrons. The fourth-order valence-electron chi connectivity index (χ4n) is 7.80. The van der Waals surface area contributed by atoms with Crippen LogP contribution in [0.2, 0.25) is 5.02 Å². The Morgan fingerprint density at radius 3 is 2.02 bits per heavy atom. The van der Waals surface area contributed by atoms with Gasteiger partial charge in [0.05, 0.1) is 35.7 Å². The van der Waals surface area contributed by atoms with Gasteiger partial charge in [-0.05, 0) is 46.5 Å². The van der Waals surface area contributed by atoms with Crippen LogP contribution in [0.25, 0.3) is 11.1 Å². The third kappa shape index (κ3) is 7.44. The molecule has 13 nitrogen and oxygen atoms in total. The molecule has 1 amide bonds. The van der Waals surface area contributed by atoms with E-state index < -0.39 is 53.1 Å². The number of nitrogens with zero attached hydrogens (tertiary/aromatic N) is 6. The highest BCUT2D eigenvalue weighted by Gasteiger charge is 2.48. The molecule has 2 N–H and O–H groups in total. The summed E-state index contributed by atoms with van der Waals surface area (Å²) in [7, 11) is -0.0255. The van der Waals surface area contributed by atoms with Crippen LogP contribution in [0.4, 0.5) is 35.4 Å². The van der Waals surface area contributed by atoms with Gasteiger partial charge in [-0.1, -0.05) is 60.1 Å². The van der Waals surface area contributed by atoms with Crippen LogP contribution in [0.15, 0.2) is 77.7 Å². The second kappa shape index (κ2) is 15.6. The van der Waals surface area contributed by atoms with Gasteiger partial charge >= 0.3 is 24.2 Å². The Balaban J connectivity index is 0.000000629. The number of methoxy groups -OCH3 is 1. The summed E-state index contributed by atoms with van der Waals surface area (Å²) in [5.74, 6) is -2.51. The average molecular weight is 813 g/mol. The fraction of sp³-hybridized carbons (Fsp3) is 0.342. The van der Waals surface area contributed by atoms with Crippen molar-refractivity contribution in [2.24, 2.45) is 0 Å². The van der Waals surface area contributed by atoms with E-state index in [4.69, 9.17) is 36.2 Å². The normalized spacial score (nSPS) is 20.1. The quantitative estimate of drug-likeness (QED) is 0.248. The predicted molar refractivity (Wildman–Crippen MR) is 202 cm³/mol. The van der Waals surface area contributed by atoms with E-state index in [1.54, 1.807) is 9.80 Å². The van der Waals surface area contributed by atoms with Crippen LogP contribution in [0.1, 0.15) is 29.3 Å². The first-order valence-corrected chi connectivity index (χ1v) is 19.3. The van der Waals surface area contributed by atoms with Gasteiger partial charge in [-0.3, -0.25) is 9.11 Å². The lowest BCUT2D eigenvalue weighted by atomic mass is 10.0. The van der Waals surface area contributed by atoms with Crippen LogP contribution in [0.3, 0.4) is 0 Å². The van der Waals surface area contributed by atoms with E-state index in [1.807, 2.05) is 72.8 Å². The maximum absolute atomic E-state index is 13.7. The summed E-state index contributed by atoms with van der Waals surface area (Å²) in [6, 6.07) is 21.7. The topological polar surface area (TPSA) is 157 Å². The minimum absolute atomic E-state index is 0.145. The van der Waals surface area contributed by atoms with E-state index in [1.165, 1.54) is 7.11 Å². The summed E-state index contributed by atoms with van der Waals surface area (Å²) < 4.78 is 50.5. The second-order valence-corrected chi connectivity index (χ2v) is 15.5. The molecular formula is C38H36ClF3N6O7S. The predicted octanol–water partition coefficient (Wildman–Crippen LogP) is 5.62. The smallest absolute Gasteiger partial charge is 0.480 e. The zero-order valence-electron chi connectivity index (χ0n) is 29.9. The van der Waals surface area contributed by atoms with Crippen molar-refractivity contribution >= 4 is 57.9 Å². The molecule has 56 heavy (non-hydrogen) atoms. The molecule has 4 heterocycles. The molecule has 18 heteroatoms. The Bertz CT molecular complexity index is 2140. The molecule has 0 spiro atoms. The number of anilines is 3. The van der Waals surface area contributed by atoms with Crippen LogP contribution in [-0.2, 0) is 31.5 Å². The number of carbonyl (C=O) groups excluding carboxylic acids is 1. The number of carboxylic acid groups (broad SMARTS) is 2. The number of rotatable bonds is 6. The molecule has 3 aliphatic heterocycles. The number of hydrogen-bond acceptors (Lipinski definition) is 10. The highest BCUT2D eigenvalue weighted by Crippen LogP contribution is 2.48. The zero-order valence-corrected chi connectivity index (χ0v) is 31.4. The maximum atomic E-state index is 13.7. The number of piperazine rings is 1. The van der Waals surface area contributed by atoms with Crippen molar-refractivity contribution in [2.75, 3.05) is 60.3 Å². The van der Waals surface area contributed by atoms with Crippen molar-refractivity contribution in [1.82, 2.24) is 14.9 Å². The molecule has 0 bridgehead atoms. The van der Waals surface area contributed by atoms with Crippen LogP contribution >= 0.6 is 11.6 Å². The Morgan fingerprint density at radius 2 is 1.46 bits per heavy atom. The Hall–Kier alpha value is -5.42. The summed E-state index contributed by atoms with van der Waals surface area (Å²) >= 11 is 6.10. The molecule has 4 aromatic rings. The number of aromatic nitrogens is 2. The minimum Gasteiger partial charge on any atom is -0.480 e. The van der Waals surface area contributed by atoms with Gasteiger partial charge in [0, 0.05) is 62.0 Å². The summed E-state index contributed by atoms with van der Waals surface area (Å²) in [5.41, 5.74) is 5.77. The number of hydrogen-bond donors (Lipinski definition) is 2. The van der Waals surface area contributed by atoms with Gasteiger partial charge in [-0.25, -0.2) is 19.4 Å². The number of amides is 1. The molecular weight excluding hydrogens is 777 g/mol. The lowest BCUT2D eigenvalue weighted by Crippen LogP contribution is -2.47. The first kappa shape index (κ1) is 38.8. The summed E-state index contributed by atoms with van der Waals surface area (Å²) in [6.07, 6.45) is -4.96. The van der Waals surface area contributed by atoms with E-state index in [9.17, 15) is 32.1 Å². The number of carboxylic acids is 2. The Morgan fingerprint density at radius 1 is 0.893 bits per heavy atom. The highest BCUT2D eigenvalue weighted by atomic mass is 35.5. The van der Waals surface area contributed by atoms with Gasteiger partial charge < -0.3 is 29.6 Å². The van der Waals surface area contributed by atoms with Crippen molar-refractivity contribution in [3.05, 3.63) is 94.6 Å². The fourth-order valence-corrected chi connectivity index (χ4v) is 9.29. The van der Waals surface area contributed by atoms with Crippen LogP contribution < -0.4 is 14.7 Å². The van der Waals surface area contributed by atoms with Gasteiger partial charge in [-0.15, -0.1) is 0 Å². The third-order valence-electron chi connectivity index (χ3n) is 10.3. The molecule has 294 valence electrons. The molecule has 8 rings (SSSR count). The van der Waals surface area contributed by atoms with Crippen molar-refractivity contribution in [3.63, 3.8) is 0 Å². The number of aryl methyl sites for hydroxylation is 1. The molecule has 2 saturated heterocycles. The van der Waals surface area contributed by atoms with Gasteiger partial charge in [0.2, 0.25) is 5.95 Å². The number of halogens is 4. The SMILES string of the molecule is COC(=O)N(C1c2ccccc2-c2ccccc21)[C@@H]1C[C@@H](C(=O)O)N(c2nc(N3CCN(c4ccc(Cl)cc4)CC3)nc3c2S(=O)CC3)C1.O=C(O)C(F)(F)F. The lowest BCUT2D eigenvalue weighted by Gasteiger charge is -2.37. The Kier molecular flexibility index (Phi) is 10.8. The van der Waals surface area contributed by atoms with E-state index in [0.29, 0.717) is 52.6 Å². The molecule has 2 fully saturated rings. The number of carbonyl (C=O) groups is 3. The van der Waals surface area contributed by atoms with Crippen LogP contribution in [0, 0.1) is 0 Å². The van der Waals surface area contributed by atoms with E-state index >= 15 is 0 Å². The van der Waals surface area contributed by atoms with Gasteiger partial charge in [0.1, 0.15) is 10.9 Å². The van der Waals surface area contributed by atoms with Crippen molar-refractivity contribution in [2.45, 2.75) is 42.0 Å². The maximum Gasteiger partial charge on any atom is 0.490 e. The van der Waals surface area contributed by atoms with Gasteiger partial charge in [0.15, 0.2) is 5.82 Å². The second-order valence-electron chi connectivity index (χ2n) is 13.5. The van der Waals surface area contributed by atoms with E-state index in [2.05, 4.69) is 9.80 Å². The van der Waals surface area contributed by atoms with Crippen molar-refractivity contribution in [1.29, 1.82) is 0 Å². The summed E-state index contributed by atoms with van der Waals surface area (Å²) in [5, 5.41) is 18.4. The van der Waals surface area contributed by atoms with Crippen molar-refractivity contribution < 1.29 is 46.7 Å². The first-order valence-electron chi connectivity index (χ1n) is 17.7. The van der Waals surface area contributed by atoms with Gasteiger partial charge in [0.25, 0.3) is 0 Å². The zero-order chi connectivity index (χ0) is 39.9. The summed E-state index contributed by atoms with van der Waals surface area (Å²) in [6.45, 7) is 2.98. The lowest BCUT2D eigenvalue weighted by molar-refractivity contribution is -0.192. The number of ether oxygens (including phenoxy) is 1. The molecule has 0 saturated carbocycles. The van der Waals surface area contributed by atoms with E-state index in [0.717, 1.165) is 41.0 Å². The Labute approximate surface area is 326 Å².